The van der Waals surface area contributed by atoms with Crippen LogP contribution in [0, 0.1) is 5.92 Å². The molecule has 1 aliphatic heterocycles. The predicted octanol–water partition coefficient (Wildman–Crippen LogP) is 4.09. The van der Waals surface area contributed by atoms with Crippen molar-refractivity contribution in [1.82, 2.24) is 10.0 Å². The lowest BCUT2D eigenvalue weighted by atomic mass is 9.88. The van der Waals surface area contributed by atoms with Crippen LogP contribution in [0.2, 0.25) is 0 Å². The maximum Gasteiger partial charge on any atom is 0.263 e. The molecule has 0 bridgehead atoms. The largest absolute Gasteiger partial charge is 0.354 e. The van der Waals surface area contributed by atoms with Crippen molar-refractivity contribution in [3.63, 3.8) is 0 Å². The third-order valence-electron chi connectivity index (χ3n) is 5.97. The molecule has 4 rings (SSSR count). The van der Waals surface area contributed by atoms with Crippen LogP contribution in [0.1, 0.15) is 42.9 Å². The van der Waals surface area contributed by atoms with E-state index in [4.69, 9.17) is 0 Å². The highest BCUT2D eigenvalue weighted by atomic mass is 32.2. The number of nitrogens with one attached hydrogen (secondary N) is 2. The third-order valence-corrected chi connectivity index (χ3v) is 7.36. The summed E-state index contributed by atoms with van der Waals surface area (Å²) < 4.78 is 27.3. The zero-order valence-corrected chi connectivity index (χ0v) is 20.1. The third kappa shape index (κ3) is 5.20. The molecule has 0 aromatic heterocycles. The number of nitrogens with zero attached hydrogens (tertiary/aromatic N) is 1. The van der Waals surface area contributed by atoms with Crippen LogP contribution in [0.4, 0.5) is 0 Å². The lowest BCUT2D eigenvalue weighted by molar-refractivity contribution is -0.123. The molecule has 0 radical (unpaired) electrons. The quantitative estimate of drug-likeness (QED) is 0.514. The number of fused-ring (bicyclic) bond motifs is 1. The predicted molar refractivity (Wildman–Crippen MR) is 134 cm³/mol. The minimum atomic E-state index is -3.65. The van der Waals surface area contributed by atoms with E-state index in [-0.39, 0.29) is 28.5 Å². The molecule has 3 aromatic rings. The van der Waals surface area contributed by atoms with E-state index in [9.17, 15) is 13.2 Å². The Balaban J connectivity index is 1.49. The van der Waals surface area contributed by atoms with Gasteiger partial charge in [-0.05, 0) is 35.6 Å². The average molecular weight is 476 g/mol. The molecule has 0 saturated heterocycles. The van der Waals surface area contributed by atoms with Crippen LogP contribution < -0.4 is 10.0 Å². The highest BCUT2D eigenvalue weighted by Crippen LogP contribution is 2.27. The number of benzene rings is 3. The summed E-state index contributed by atoms with van der Waals surface area (Å²) in [5.41, 5.74) is 2.88. The molecule has 0 spiro atoms. The van der Waals surface area contributed by atoms with Gasteiger partial charge >= 0.3 is 0 Å². The first kappa shape index (κ1) is 23.7. The average Bonchev–Trinajstić information content (AvgIpc) is 3.11. The SMILES string of the molecule is CC(C)[C@H](N=C1NS(=O)(=O)c2ccccc21)C(=O)NCCC(c1ccccc1)c1ccccc1. The van der Waals surface area contributed by atoms with Crippen LogP contribution in [0.5, 0.6) is 0 Å². The van der Waals surface area contributed by atoms with E-state index in [0.29, 0.717) is 12.1 Å². The molecule has 1 aliphatic rings. The Kier molecular flexibility index (Phi) is 7.12. The van der Waals surface area contributed by atoms with Crippen LogP contribution >= 0.6 is 0 Å². The Labute approximate surface area is 201 Å². The molecule has 3 aromatic carbocycles. The first-order valence-corrected chi connectivity index (χ1v) is 12.9. The zero-order valence-electron chi connectivity index (χ0n) is 19.3. The molecule has 1 heterocycles. The molecule has 7 heteroatoms. The van der Waals surface area contributed by atoms with Gasteiger partial charge in [-0.2, -0.15) is 0 Å². The molecule has 6 nitrogen and oxygen atoms in total. The maximum absolute atomic E-state index is 13.1. The number of hydrogen-bond donors (Lipinski definition) is 2. The second-order valence-corrected chi connectivity index (χ2v) is 10.4. The summed E-state index contributed by atoms with van der Waals surface area (Å²) in [7, 11) is -3.65. The number of carbonyl (C=O) groups is 1. The molecular weight excluding hydrogens is 446 g/mol. The van der Waals surface area contributed by atoms with Gasteiger partial charge in [0, 0.05) is 18.0 Å². The number of sulfonamides is 1. The molecule has 0 aliphatic carbocycles. The summed E-state index contributed by atoms with van der Waals surface area (Å²) in [5, 5.41) is 3.03. The molecule has 0 saturated carbocycles. The van der Waals surface area contributed by atoms with Crippen LogP contribution in [0.3, 0.4) is 0 Å². The molecule has 1 amide bonds. The van der Waals surface area contributed by atoms with E-state index in [0.717, 1.165) is 6.42 Å². The van der Waals surface area contributed by atoms with E-state index in [1.54, 1.807) is 18.2 Å². The Morgan fingerprint density at radius 3 is 2.03 bits per heavy atom. The van der Waals surface area contributed by atoms with Crippen LogP contribution in [-0.4, -0.2) is 32.7 Å². The highest BCUT2D eigenvalue weighted by molar-refractivity contribution is 7.90. The number of rotatable bonds is 8. The van der Waals surface area contributed by atoms with Crippen LogP contribution in [0.25, 0.3) is 0 Å². The van der Waals surface area contributed by atoms with Crippen molar-refractivity contribution in [3.05, 3.63) is 102 Å². The van der Waals surface area contributed by atoms with Crippen molar-refractivity contribution >= 4 is 21.8 Å². The zero-order chi connectivity index (χ0) is 24.1. The monoisotopic (exact) mass is 475 g/mol. The van der Waals surface area contributed by atoms with Crippen molar-refractivity contribution in [2.75, 3.05) is 6.54 Å². The fourth-order valence-electron chi connectivity index (χ4n) is 4.22. The summed E-state index contributed by atoms with van der Waals surface area (Å²) in [5.74, 6) is 0.0469. The number of amides is 1. The number of hydrogen-bond acceptors (Lipinski definition) is 4. The van der Waals surface area contributed by atoms with Crippen molar-refractivity contribution < 1.29 is 13.2 Å². The van der Waals surface area contributed by atoms with Crippen molar-refractivity contribution in [1.29, 1.82) is 0 Å². The van der Waals surface area contributed by atoms with Crippen molar-refractivity contribution in [3.8, 4) is 0 Å². The Morgan fingerprint density at radius 2 is 1.44 bits per heavy atom. The lowest BCUT2D eigenvalue weighted by Crippen LogP contribution is -2.39. The topological polar surface area (TPSA) is 87.6 Å². The van der Waals surface area contributed by atoms with Gasteiger partial charge in [-0.15, -0.1) is 0 Å². The molecule has 1 atom stereocenters. The van der Waals surface area contributed by atoms with E-state index >= 15 is 0 Å². The van der Waals surface area contributed by atoms with Gasteiger partial charge in [0.25, 0.3) is 10.0 Å². The second kappa shape index (κ2) is 10.2. The van der Waals surface area contributed by atoms with E-state index in [1.807, 2.05) is 50.2 Å². The number of carbonyl (C=O) groups excluding carboxylic acids is 1. The molecule has 2 N–H and O–H groups in total. The Hall–Kier alpha value is -3.45. The van der Waals surface area contributed by atoms with Gasteiger partial charge in [-0.3, -0.25) is 14.5 Å². The smallest absolute Gasteiger partial charge is 0.263 e. The van der Waals surface area contributed by atoms with Crippen molar-refractivity contribution in [2.45, 2.75) is 37.1 Å². The minimum absolute atomic E-state index is 0.108. The lowest BCUT2D eigenvalue weighted by Gasteiger charge is -2.21. The summed E-state index contributed by atoms with van der Waals surface area (Å²) >= 11 is 0. The number of aliphatic imine (C=N–C) groups is 1. The number of amidine groups is 1. The van der Waals surface area contributed by atoms with Gasteiger partial charge in [0.05, 0.1) is 4.90 Å². The van der Waals surface area contributed by atoms with Gasteiger partial charge in [-0.1, -0.05) is 86.6 Å². The van der Waals surface area contributed by atoms with Gasteiger partial charge in [0.1, 0.15) is 11.9 Å². The molecule has 34 heavy (non-hydrogen) atoms. The molecular formula is C27H29N3O3S. The van der Waals surface area contributed by atoms with E-state index < -0.39 is 16.1 Å². The molecule has 176 valence electrons. The van der Waals surface area contributed by atoms with Gasteiger partial charge in [0.2, 0.25) is 5.91 Å². The molecule has 0 unspecified atom stereocenters. The van der Waals surface area contributed by atoms with Crippen LogP contribution in [0.15, 0.2) is 94.8 Å². The maximum atomic E-state index is 13.1. The van der Waals surface area contributed by atoms with Gasteiger partial charge in [0.15, 0.2) is 0 Å². The normalized spacial score (nSPS) is 16.3. The Bertz CT molecular complexity index is 1230. The fraction of sp³-hybridized carbons (Fsp3) is 0.259. The standard InChI is InChI=1S/C27H29N3O3S/c1-19(2)25(29-26-23-15-9-10-16-24(23)34(32,33)30-26)27(31)28-18-17-22(20-11-5-3-6-12-20)21-13-7-4-8-14-21/h3-16,19,22,25H,17-18H2,1-2H3,(H,28,31)(H,29,30)/t25-/m0/s1. The minimum Gasteiger partial charge on any atom is -0.354 e. The van der Waals surface area contributed by atoms with Crippen LogP contribution in [-0.2, 0) is 14.8 Å². The van der Waals surface area contributed by atoms with E-state index in [1.165, 1.54) is 17.2 Å². The summed E-state index contributed by atoms with van der Waals surface area (Å²) in [6, 6.07) is 26.5. The first-order valence-electron chi connectivity index (χ1n) is 11.4. The first-order chi connectivity index (χ1) is 16.4. The fourth-order valence-corrected chi connectivity index (χ4v) is 5.46. The van der Waals surface area contributed by atoms with Gasteiger partial charge < -0.3 is 5.32 Å². The Morgan fingerprint density at radius 1 is 0.882 bits per heavy atom. The highest BCUT2D eigenvalue weighted by Gasteiger charge is 2.32. The summed E-state index contributed by atoms with van der Waals surface area (Å²) in [4.78, 5) is 17.8. The van der Waals surface area contributed by atoms with Gasteiger partial charge in [-0.25, -0.2) is 8.42 Å². The summed E-state index contributed by atoms with van der Waals surface area (Å²) in [6.07, 6.45) is 0.733. The molecule has 0 fully saturated rings. The second-order valence-electron chi connectivity index (χ2n) is 8.72. The van der Waals surface area contributed by atoms with E-state index in [2.05, 4.69) is 39.3 Å². The summed E-state index contributed by atoms with van der Waals surface area (Å²) in [6.45, 7) is 4.28. The van der Waals surface area contributed by atoms with Crippen molar-refractivity contribution in [2.24, 2.45) is 10.9 Å².